The molecule has 1 atom stereocenters. The van der Waals surface area contributed by atoms with Crippen LogP contribution < -0.4 is 4.74 Å². The van der Waals surface area contributed by atoms with Crippen LogP contribution in [0.15, 0.2) is 17.7 Å². The van der Waals surface area contributed by atoms with Crippen LogP contribution in [0.2, 0.25) is 0 Å². The maximum atomic E-state index is 13.4. The number of carbonyl (C=O) groups is 1. The Kier molecular flexibility index (Phi) is 2.42. The standard InChI is InChI=1S/C12H11FO3/c1-6-3-4-8-5-9(12(14)15)11(13)16-10(8)7(6)2/h3-5,11H,1-2H3,(H,14,15). The molecule has 0 aromatic heterocycles. The van der Waals surface area contributed by atoms with E-state index in [9.17, 15) is 9.18 Å². The summed E-state index contributed by atoms with van der Waals surface area (Å²) in [6.45, 7) is 3.71. The zero-order chi connectivity index (χ0) is 11.9. The highest BCUT2D eigenvalue weighted by molar-refractivity contribution is 5.94. The van der Waals surface area contributed by atoms with Gasteiger partial charge in [0.2, 0.25) is 0 Å². The second kappa shape index (κ2) is 3.63. The van der Waals surface area contributed by atoms with Crippen LogP contribution in [0.3, 0.4) is 0 Å². The highest BCUT2D eigenvalue weighted by atomic mass is 19.1. The Morgan fingerprint density at radius 2 is 2.12 bits per heavy atom. The van der Waals surface area contributed by atoms with E-state index >= 15 is 0 Å². The first-order valence-corrected chi connectivity index (χ1v) is 4.86. The number of aliphatic carboxylic acids is 1. The second-order valence-electron chi connectivity index (χ2n) is 3.76. The van der Waals surface area contributed by atoms with Crippen molar-refractivity contribution in [2.75, 3.05) is 0 Å². The zero-order valence-corrected chi connectivity index (χ0v) is 8.95. The molecule has 0 radical (unpaired) electrons. The normalized spacial score (nSPS) is 18.4. The summed E-state index contributed by atoms with van der Waals surface area (Å²) in [5, 5.41) is 8.77. The van der Waals surface area contributed by atoms with Crippen LogP contribution in [-0.4, -0.2) is 17.4 Å². The number of carboxylic acid groups (broad SMARTS) is 1. The molecule has 1 aromatic rings. The number of carboxylic acids is 1. The molecule has 1 unspecified atom stereocenters. The van der Waals surface area contributed by atoms with Crippen molar-refractivity contribution in [1.29, 1.82) is 0 Å². The summed E-state index contributed by atoms with van der Waals surface area (Å²) in [6.07, 6.45) is -0.580. The SMILES string of the molecule is Cc1ccc2c(c1C)OC(F)C(C(=O)O)=C2. The maximum Gasteiger partial charge on any atom is 0.338 e. The van der Waals surface area contributed by atoms with Crippen LogP contribution in [-0.2, 0) is 4.79 Å². The van der Waals surface area contributed by atoms with Crippen LogP contribution in [0.5, 0.6) is 5.75 Å². The lowest BCUT2D eigenvalue weighted by atomic mass is 10.0. The van der Waals surface area contributed by atoms with Gasteiger partial charge in [-0.1, -0.05) is 12.1 Å². The Hall–Kier alpha value is -1.84. The Bertz CT molecular complexity index is 491. The van der Waals surface area contributed by atoms with Gasteiger partial charge in [0.1, 0.15) is 11.3 Å². The van der Waals surface area contributed by atoms with Gasteiger partial charge in [0.15, 0.2) is 0 Å². The van der Waals surface area contributed by atoms with Gasteiger partial charge in [-0.3, -0.25) is 0 Å². The number of ether oxygens (including phenoxy) is 1. The lowest BCUT2D eigenvalue weighted by Crippen LogP contribution is -2.23. The molecule has 4 heteroatoms. The predicted molar refractivity (Wildman–Crippen MR) is 57.1 cm³/mol. The van der Waals surface area contributed by atoms with Gasteiger partial charge < -0.3 is 9.84 Å². The molecule has 0 saturated carbocycles. The molecule has 84 valence electrons. The van der Waals surface area contributed by atoms with Gasteiger partial charge in [0.25, 0.3) is 6.36 Å². The molecule has 3 nitrogen and oxygen atoms in total. The van der Waals surface area contributed by atoms with E-state index < -0.39 is 12.3 Å². The third-order valence-electron chi connectivity index (χ3n) is 2.73. The number of hydrogen-bond acceptors (Lipinski definition) is 2. The molecular weight excluding hydrogens is 211 g/mol. The first-order chi connectivity index (χ1) is 7.50. The van der Waals surface area contributed by atoms with Crippen LogP contribution in [0.25, 0.3) is 6.08 Å². The average Bonchev–Trinajstić information content (AvgIpc) is 2.23. The van der Waals surface area contributed by atoms with E-state index in [-0.39, 0.29) is 5.57 Å². The fraction of sp³-hybridized carbons (Fsp3) is 0.250. The fourth-order valence-corrected chi connectivity index (χ4v) is 1.64. The molecule has 16 heavy (non-hydrogen) atoms. The topological polar surface area (TPSA) is 46.5 Å². The quantitative estimate of drug-likeness (QED) is 0.793. The number of aryl methyl sites for hydroxylation is 1. The van der Waals surface area contributed by atoms with E-state index in [0.29, 0.717) is 11.3 Å². The van der Waals surface area contributed by atoms with E-state index in [1.807, 2.05) is 19.9 Å². The van der Waals surface area contributed by atoms with E-state index in [1.54, 1.807) is 6.07 Å². The Morgan fingerprint density at radius 1 is 1.44 bits per heavy atom. The van der Waals surface area contributed by atoms with Crippen LogP contribution >= 0.6 is 0 Å². The van der Waals surface area contributed by atoms with Gasteiger partial charge in [0, 0.05) is 5.56 Å². The maximum absolute atomic E-state index is 13.4. The van der Waals surface area contributed by atoms with Crippen molar-refractivity contribution in [2.45, 2.75) is 20.2 Å². The van der Waals surface area contributed by atoms with Gasteiger partial charge in [-0.2, -0.15) is 4.39 Å². The molecule has 0 aliphatic carbocycles. The lowest BCUT2D eigenvalue weighted by Gasteiger charge is -2.22. The van der Waals surface area contributed by atoms with E-state index in [1.165, 1.54) is 6.08 Å². The van der Waals surface area contributed by atoms with E-state index in [0.717, 1.165) is 11.1 Å². The number of hydrogen-bond donors (Lipinski definition) is 1. The number of halogens is 1. The third kappa shape index (κ3) is 1.56. The first kappa shape index (κ1) is 10.7. The van der Waals surface area contributed by atoms with Crippen molar-refractivity contribution < 1.29 is 19.0 Å². The highest BCUT2D eigenvalue weighted by Gasteiger charge is 2.28. The van der Waals surface area contributed by atoms with Crippen molar-refractivity contribution >= 4 is 12.0 Å². The van der Waals surface area contributed by atoms with Crippen LogP contribution in [0.1, 0.15) is 16.7 Å². The van der Waals surface area contributed by atoms with Crippen molar-refractivity contribution in [3.63, 3.8) is 0 Å². The summed E-state index contributed by atoms with van der Waals surface area (Å²) in [5.41, 5.74) is 2.06. The van der Waals surface area contributed by atoms with E-state index in [4.69, 9.17) is 9.84 Å². The van der Waals surface area contributed by atoms with Gasteiger partial charge in [-0.25, -0.2) is 4.79 Å². The minimum absolute atomic E-state index is 0.365. The summed E-state index contributed by atoms with van der Waals surface area (Å²) < 4.78 is 18.4. The number of rotatable bonds is 1. The number of alkyl halides is 1. The fourth-order valence-electron chi connectivity index (χ4n) is 1.64. The Balaban J connectivity index is 2.58. The molecule has 0 saturated heterocycles. The first-order valence-electron chi connectivity index (χ1n) is 4.86. The van der Waals surface area contributed by atoms with Crippen molar-refractivity contribution in [2.24, 2.45) is 0 Å². The minimum atomic E-state index is -1.90. The molecule has 1 N–H and O–H groups in total. The summed E-state index contributed by atoms with van der Waals surface area (Å²) in [6, 6.07) is 3.58. The van der Waals surface area contributed by atoms with Crippen molar-refractivity contribution in [3.8, 4) is 5.75 Å². The summed E-state index contributed by atoms with van der Waals surface area (Å²) in [5.74, 6) is -0.867. The molecule has 0 spiro atoms. The van der Waals surface area contributed by atoms with Crippen molar-refractivity contribution in [3.05, 3.63) is 34.4 Å². The summed E-state index contributed by atoms with van der Waals surface area (Å²) in [7, 11) is 0. The van der Waals surface area contributed by atoms with Crippen molar-refractivity contribution in [1.82, 2.24) is 0 Å². The zero-order valence-electron chi connectivity index (χ0n) is 8.95. The minimum Gasteiger partial charge on any atom is -0.478 e. The second-order valence-corrected chi connectivity index (χ2v) is 3.76. The Labute approximate surface area is 92.2 Å². The molecule has 2 rings (SSSR count). The third-order valence-corrected chi connectivity index (χ3v) is 2.73. The monoisotopic (exact) mass is 222 g/mol. The molecular formula is C12H11FO3. The molecule has 1 aliphatic rings. The van der Waals surface area contributed by atoms with Gasteiger partial charge in [-0.05, 0) is 31.1 Å². The van der Waals surface area contributed by atoms with Crippen LogP contribution in [0, 0.1) is 13.8 Å². The van der Waals surface area contributed by atoms with Gasteiger partial charge >= 0.3 is 5.97 Å². The lowest BCUT2D eigenvalue weighted by molar-refractivity contribution is -0.134. The molecule has 1 aromatic carbocycles. The molecule has 0 bridgehead atoms. The smallest absolute Gasteiger partial charge is 0.338 e. The van der Waals surface area contributed by atoms with E-state index in [2.05, 4.69) is 0 Å². The summed E-state index contributed by atoms with van der Waals surface area (Å²) in [4.78, 5) is 10.7. The highest BCUT2D eigenvalue weighted by Crippen LogP contribution is 2.34. The Morgan fingerprint density at radius 3 is 2.75 bits per heavy atom. The van der Waals surface area contributed by atoms with Gasteiger partial charge in [0.05, 0.1) is 0 Å². The predicted octanol–water partition coefficient (Wildman–Crippen LogP) is 2.46. The van der Waals surface area contributed by atoms with Crippen LogP contribution in [0.4, 0.5) is 4.39 Å². The molecule has 1 aliphatic heterocycles. The molecule has 1 heterocycles. The number of benzene rings is 1. The molecule has 0 amide bonds. The van der Waals surface area contributed by atoms with Gasteiger partial charge in [-0.15, -0.1) is 0 Å². The average molecular weight is 222 g/mol. The summed E-state index contributed by atoms with van der Waals surface area (Å²) >= 11 is 0. The number of fused-ring (bicyclic) bond motifs is 1. The largest absolute Gasteiger partial charge is 0.478 e. The molecule has 0 fully saturated rings.